The number of ether oxygens (including phenoxy) is 1. The Hall–Kier alpha value is -0.640. The lowest BCUT2D eigenvalue weighted by atomic mass is 10.3. The van der Waals surface area contributed by atoms with E-state index in [-0.39, 0.29) is 0 Å². The van der Waals surface area contributed by atoms with Gasteiger partial charge in [0.1, 0.15) is 5.75 Å². The Morgan fingerprint density at radius 1 is 1.33 bits per heavy atom. The van der Waals surface area contributed by atoms with Gasteiger partial charge in [0.15, 0.2) is 5.82 Å². The van der Waals surface area contributed by atoms with Crippen LogP contribution in [0.25, 0.3) is 11.0 Å². The third-order valence-corrected chi connectivity index (χ3v) is 2.49. The topological polar surface area (TPSA) is 37.9 Å². The van der Waals surface area contributed by atoms with E-state index in [2.05, 4.69) is 9.97 Å². The van der Waals surface area contributed by atoms with Crippen LogP contribution in [-0.4, -0.2) is 17.1 Å². The van der Waals surface area contributed by atoms with Crippen molar-refractivity contribution in [3.8, 4) is 5.75 Å². The fourth-order valence-electron chi connectivity index (χ4n) is 1.25. The van der Waals surface area contributed by atoms with Crippen molar-refractivity contribution in [1.29, 1.82) is 0 Å². The summed E-state index contributed by atoms with van der Waals surface area (Å²) in [5.41, 5.74) is 1.51. The van der Waals surface area contributed by atoms with Gasteiger partial charge in [-0.3, -0.25) is 0 Å². The number of hydrogen-bond acceptors (Lipinski definition) is 2. The molecular weight excluding hydrogens is 258 g/mol. The molecule has 1 aromatic carbocycles. The molecular formula is C9H7Cl3N2O. The van der Waals surface area contributed by atoms with Gasteiger partial charge in [-0.2, -0.15) is 0 Å². The van der Waals surface area contributed by atoms with Crippen LogP contribution >= 0.6 is 34.8 Å². The molecule has 80 valence electrons. The first-order chi connectivity index (χ1) is 7.00. The molecule has 0 unspecified atom stereocenters. The Bertz CT molecular complexity index is 490. The standard InChI is InChI=1S/C9H7Cl3N2O/c1-15-5-2-3-6-7(4-5)14-8(13-6)9(10,11)12/h2-4H,1H3,(H,13,14). The van der Waals surface area contributed by atoms with Crippen LogP contribution in [0.4, 0.5) is 0 Å². The van der Waals surface area contributed by atoms with Crippen molar-refractivity contribution in [1.82, 2.24) is 9.97 Å². The van der Waals surface area contributed by atoms with Crippen LogP contribution in [0.3, 0.4) is 0 Å². The molecule has 3 nitrogen and oxygen atoms in total. The Morgan fingerprint density at radius 3 is 2.67 bits per heavy atom. The molecule has 0 spiro atoms. The molecule has 0 radical (unpaired) electrons. The van der Waals surface area contributed by atoms with E-state index in [1.54, 1.807) is 25.3 Å². The number of rotatable bonds is 1. The van der Waals surface area contributed by atoms with Gasteiger partial charge in [-0.25, -0.2) is 4.98 Å². The zero-order chi connectivity index (χ0) is 11.1. The van der Waals surface area contributed by atoms with Gasteiger partial charge in [0.25, 0.3) is 0 Å². The predicted molar refractivity (Wildman–Crippen MR) is 61.9 cm³/mol. The smallest absolute Gasteiger partial charge is 0.248 e. The zero-order valence-corrected chi connectivity index (χ0v) is 9.99. The number of methoxy groups -OCH3 is 1. The summed E-state index contributed by atoms with van der Waals surface area (Å²) >= 11 is 17.1. The summed E-state index contributed by atoms with van der Waals surface area (Å²) < 4.78 is 3.53. The number of nitrogens with zero attached hydrogens (tertiary/aromatic N) is 1. The van der Waals surface area contributed by atoms with Crippen molar-refractivity contribution >= 4 is 45.8 Å². The Balaban J connectivity index is 2.56. The summed E-state index contributed by atoms with van der Waals surface area (Å²) in [7, 11) is 1.59. The van der Waals surface area contributed by atoms with Crippen molar-refractivity contribution < 1.29 is 4.74 Å². The highest BCUT2D eigenvalue weighted by atomic mass is 35.6. The van der Waals surface area contributed by atoms with Crippen LogP contribution in [0.2, 0.25) is 0 Å². The number of benzene rings is 1. The molecule has 0 bridgehead atoms. The van der Waals surface area contributed by atoms with Gasteiger partial charge < -0.3 is 9.72 Å². The molecule has 0 aliphatic carbocycles. The highest BCUT2D eigenvalue weighted by Gasteiger charge is 2.26. The number of alkyl halides is 3. The van der Waals surface area contributed by atoms with Crippen LogP contribution in [0.1, 0.15) is 5.82 Å². The van der Waals surface area contributed by atoms with Gasteiger partial charge in [-0.1, -0.05) is 34.8 Å². The highest BCUT2D eigenvalue weighted by Crippen LogP contribution is 2.37. The molecule has 1 heterocycles. The van der Waals surface area contributed by atoms with E-state index in [1.165, 1.54) is 0 Å². The van der Waals surface area contributed by atoms with Crippen molar-refractivity contribution in [2.45, 2.75) is 3.79 Å². The van der Waals surface area contributed by atoms with E-state index < -0.39 is 3.79 Å². The lowest BCUT2D eigenvalue weighted by Crippen LogP contribution is -2.01. The van der Waals surface area contributed by atoms with Gasteiger partial charge in [0.05, 0.1) is 18.1 Å². The van der Waals surface area contributed by atoms with Crippen molar-refractivity contribution in [3.63, 3.8) is 0 Å². The Kier molecular flexibility index (Phi) is 2.71. The number of aromatic nitrogens is 2. The average molecular weight is 266 g/mol. The minimum atomic E-state index is -1.54. The molecule has 0 saturated heterocycles. The second-order valence-corrected chi connectivity index (χ2v) is 5.25. The summed E-state index contributed by atoms with van der Waals surface area (Å²) in [5.74, 6) is 1.03. The van der Waals surface area contributed by atoms with E-state index >= 15 is 0 Å². The maximum Gasteiger partial charge on any atom is 0.248 e. The number of hydrogen-bond donors (Lipinski definition) is 1. The first-order valence-electron chi connectivity index (χ1n) is 4.11. The van der Waals surface area contributed by atoms with Crippen LogP contribution < -0.4 is 4.74 Å². The molecule has 0 amide bonds. The Morgan fingerprint density at radius 2 is 2.07 bits per heavy atom. The molecule has 0 atom stereocenters. The van der Waals surface area contributed by atoms with Crippen LogP contribution in [0.15, 0.2) is 18.2 Å². The quantitative estimate of drug-likeness (QED) is 0.803. The molecule has 1 N–H and O–H groups in total. The third kappa shape index (κ3) is 2.14. The molecule has 0 aliphatic heterocycles. The maximum atomic E-state index is 5.71. The third-order valence-electron chi connectivity index (χ3n) is 1.96. The predicted octanol–water partition coefficient (Wildman–Crippen LogP) is 3.40. The van der Waals surface area contributed by atoms with E-state index in [0.717, 1.165) is 16.8 Å². The molecule has 0 aliphatic rings. The number of aromatic amines is 1. The van der Waals surface area contributed by atoms with Gasteiger partial charge in [0.2, 0.25) is 3.79 Å². The van der Waals surface area contributed by atoms with E-state index in [0.29, 0.717) is 5.82 Å². The molecule has 2 rings (SSSR count). The summed E-state index contributed by atoms with van der Waals surface area (Å²) in [5, 5.41) is 0. The van der Waals surface area contributed by atoms with Gasteiger partial charge in [-0.15, -0.1) is 0 Å². The molecule has 1 aromatic heterocycles. The van der Waals surface area contributed by atoms with Crippen LogP contribution in [-0.2, 0) is 3.79 Å². The number of halogens is 3. The fraction of sp³-hybridized carbons (Fsp3) is 0.222. The maximum absolute atomic E-state index is 5.71. The van der Waals surface area contributed by atoms with E-state index in [1.807, 2.05) is 0 Å². The Labute approximate surface area is 101 Å². The minimum Gasteiger partial charge on any atom is -0.497 e. The molecule has 2 aromatic rings. The lowest BCUT2D eigenvalue weighted by Gasteiger charge is -2.04. The summed E-state index contributed by atoms with van der Waals surface area (Å²) in [6.07, 6.45) is 0. The van der Waals surface area contributed by atoms with Gasteiger partial charge >= 0.3 is 0 Å². The SMILES string of the molecule is COc1ccc2nc(C(Cl)(Cl)Cl)[nH]c2c1. The minimum absolute atomic E-state index is 0.302. The molecule has 6 heteroatoms. The first kappa shape index (κ1) is 10.9. The zero-order valence-electron chi connectivity index (χ0n) is 7.72. The number of nitrogens with one attached hydrogen (secondary N) is 1. The number of fused-ring (bicyclic) bond motifs is 1. The second-order valence-electron chi connectivity index (χ2n) is 2.97. The largest absolute Gasteiger partial charge is 0.497 e. The first-order valence-corrected chi connectivity index (χ1v) is 5.25. The van der Waals surface area contributed by atoms with Crippen LogP contribution in [0, 0.1) is 0 Å². The summed E-state index contributed by atoms with van der Waals surface area (Å²) in [6.45, 7) is 0. The number of imidazole rings is 1. The van der Waals surface area contributed by atoms with E-state index in [9.17, 15) is 0 Å². The summed E-state index contributed by atoms with van der Waals surface area (Å²) in [6, 6.07) is 5.39. The average Bonchev–Trinajstić information content (AvgIpc) is 2.59. The molecule has 0 fully saturated rings. The van der Waals surface area contributed by atoms with Crippen molar-refractivity contribution in [3.05, 3.63) is 24.0 Å². The molecule has 15 heavy (non-hydrogen) atoms. The van der Waals surface area contributed by atoms with Crippen molar-refractivity contribution in [2.24, 2.45) is 0 Å². The highest BCUT2D eigenvalue weighted by molar-refractivity contribution is 6.66. The monoisotopic (exact) mass is 264 g/mol. The van der Waals surface area contributed by atoms with Gasteiger partial charge in [-0.05, 0) is 12.1 Å². The second kappa shape index (κ2) is 3.74. The van der Waals surface area contributed by atoms with Crippen LogP contribution in [0.5, 0.6) is 5.75 Å². The lowest BCUT2D eigenvalue weighted by molar-refractivity contribution is 0.415. The summed E-state index contributed by atoms with van der Waals surface area (Å²) in [4.78, 5) is 7.08. The fourth-order valence-corrected chi connectivity index (χ4v) is 1.52. The molecule has 0 saturated carbocycles. The number of H-pyrrole nitrogens is 1. The van der Waals surface area contributed by atoms with E-state index in [4.69, 9.17) is 39.5 Å². The normalized spacial score (nSPS) is 12.0. The van der Waals surface area contributed by atoms with Crippen molar-refractivity contribution in [2.75, 3.05) is 7.11 Å². The van der Waals surface area contributed by atoms with Gasteiger partial charge in [0, 0.05) is 6.07 Å².